The van der Waals surface area contributed by atoms with Crippen molar-refractivity contribution in [1.29, 1.82) is 0 Å². The number of nitrogens with zero attached hydrogens (tertiary/aromatic N) is 1. The molecule has 76 valence electrons. The summed E-state index contributed by atoms with van der Waals surface area (Å²) in [5, 5.41) is 8.46. The molecule has 3 nitrogen and oxygen atoms in total. The number of halogens is 3. The number of aliphatic carboxylic acids is 1. The highest BCUT2D eigenvalue weighted by Crippen LogP contribution is 2.20. The van der Waals surface area contributed by atoms with Crippen LogP contribution in [0.2, 0.25) is 0 Å². The van der Waals surface area contributed by atoms with Gasteiger partial charge in [0.2, 0.25) is 0 Å². The third-order valence-corrected chi connectivity index (χ3v) is 1.86. The van der Waals surface area contributed by atoms with E-state index >= 15 is 0 Å². The van der Waals surface area contributed by atoms with Crippen LogP contribution in [0.3, 0.4) is 0 Å². The number of carboxylic acid groups (broad SMARTS) is 1. The van der Waals surface area contributed by atoms with Gasteiger partial charge in [-0.3, -0.25) is 4.79 Å². The van der Waals surface area contributed by atoms with Crippen molar-refractivity contribution in [1.82, 2.24) is 4.98 Å². The maximum absolute atomic E-state index is 12.2. The molecule has 1 aromatic rings. The van der Waals surface area contributed by atoms with E-state index < -0.39 is 18.1 Å². The lowest BCUT2D eigenvalue weighted by atomic mass is 10.2. The van der Waals surface area contributed by atoms with Crippen LogP contribution in [0.25, 0.3) is 0 Å². The summed E-state index contributed by atoms with van der Waals surface area (Å²) in [5.41, 5.74) is -0.120. The van der Waals surface area contributed by atoms with Crippen molar-refractivity contribution in [2.24, 2.45) is 0 Å². The first-order valence-corrected chi connectivity index (χ1v) is 4.44. The molecule has 0 aromatic carbocycles. The van der Waals surface area contributed by atoms with E-state index in [-0.39, 0.29) is 11.0 Å². The van der Waals surface area contributed by atoms with Crippen molar-refractivity contribution in [3.8, 4) is 0 Å². The number of aromatic nitrogens is 1. The molecule has 1 rings (SSSR count). The Hall–Kier alpha value is -1.04. The molecule has 0 amide bonds. The molecule has 0 aliphatic rings. The van der Waals surface area contributed by atoms with E-state index in [0.717, 1.165) is 6.07 Å². The Morgan fingerprint density at radius 3 is 2.71 bits per heavy atom. The van der Waals surface area contributed by atoms with E-state index in [0.29, 0.717) is 5.56 Å². The minimum absolute atomic E-state index is 0.214. The minimum Gasteiger partial charge on any atom is -0.481 e. The normalized spacial score (nSPS) is 10.6. The molecule has 0 radical (unpaired) electrons. The highest BCUT2D eigenvalue weighted by molar-refractivity contribution is 9.10. The molecule has 1 heterocycles. The van der Waals surface area contributed by atoms with E-state index in [2.05, 4.69) is 20.9 Å². The van der Waals surface area contributed by atoms with Crippen LogP contribution in [-0.4, -0.2) is 16.1 Å². The summed E-state index contributed by atoms with van der Waals surface area (Å²) in [5.74, 6) is -1.07. The van der Waals surface area contributed by atoms with Gasteiger partial charge in [-0.1, -0.05) is 0 Å². The average Bonchev–Trinajstić information content (AvgIpc) is 2.01. The van der Waals surface area contributed by atoms with E-state index in [1.165, 1.54) is 6.07 Å². The maximum atomic E-state index is 12.2. The quantitative estimate of drug-likeness (QED) is 0.854. The SMILES string of the molecule is O=C(O)Cc1cc(Br)nc(C(F)F)c1. The van der Waals surface area contributed by atoms with Crippen molar-refractivity contribution >= 4 is 21.9 Å². The topological polar surface area (TPSA) is 50.2 Å². The standard InChI is InChI=1S/C8H6BrF2NO2/c9-6-2-4(3-7(13)14)1-5(12-6)8(10)11/h1-2,8H,3H2,(H,13,14). The first kappa shape index (κ1) is 11.0. The summed E-state index contributed by atoms with van der Waals surface area (Å²) in [4.78, 5) is 13.9. The van der Waals surface area contributed by atoms with Gasteiger partial charge in [0.15, 0.2) is 0 Å². The van der Waals surface area contributed by atoms with Gasteiger partial charge >= 0.3 is 5.97 Å². The van der Waals surface area contributed by atoms with E-state index in [4.69, 9.17) is 5.11 Å². The van der Waals surface area contributed by atoms with Crippen LogP contribution in [0, 0.1) is 0 Å². The Bertz CT molecular complexity index is 357. The molecule has 0 bridgehead atoms. The molecule has 0 unspecified atom stereocenters. The second-order valence-corrected chi connectivity index (χ2v) is 3.41. The van der Waals surface area contributed by atoms with Crippen LogP contribution >= 0.6 is 15.9 Å². The molecule has 14 heavy (non-hydrogen) atoms. The molecule has 1 aromatic heterocycles. The van der Waals surface area contributed by atoms with Crippen molar-refractivity contribution in [2.75, 3.05) is 0 Å². The molecule has 0 saturated heterocycles. The molecule has 1 N–H and O–H groups in total. The Kier molecular flexibility index (Phi) is 3.51. The molecule has 6 heteroatoms. The zero-order valence-corrected chi connectivity index (χ0v) is 8.46. The predicted molar refractivity (Wildman–Crippen MR) is 48.2 cm³/mol. The summed E-state index contributed by atoms with van der Waals surface area (Å²) in [6, 6.07) is 2.49. The third kappa shape index (κ3) is 3.02. The molecule has 0 saturated carbocycles. The number of hydrogen-bond acceptors (Lipinski definition) is 2. The summed E-state index contributed by atoms with van der Waals surface area (Å²) in [6.07, 6.45) is -2.99. The lowest BCUT2D eigenvalue weighted by molar-refractivity contribution is -0.136. The lowest BCUT2D eigenvalue weighted by Gasteiger charge is -2.03. The van der Waals surface area contributed by atoms with Gasteiger partial charge in [-0.05, 0) is 33.6 Å². The van der Waals surface area contributed by atoms with Gasteiger partial charge in [0, 0.05) is 0 Å². The van der Waals surface area contributed by atoms with Crippen LogP contribution in [0.1, 0.15) is 17.7 Å². The van der Waals surface area contributed by atoms with Crippen LogP contribution in [0.4, 0.5) is 8.78 Å². The molecule has 0 aliphatic carbocycles. The van der Waals surface area contributed by atoms with E-state index in [9.17, 15) is 13.6 Å². The van der Waals surface area contributed by atoms with E-state index in [1.807, 2.05) is 0 Å². The number of rotatable bonds is 3. The van der Waals surface area contributed by atoms with Crippen molar-refractivity contribution < 1.29 is 18.7 Å². The van der Waals surface area contributed by atoms with Gasteiger partial charge in [0.1, 0.15) is 10.3 Å². The van der Waals surface area contributed by atoms with Gasteiger partial charge in [0.25, 0.3) is 6.43 Å². The van der Waals surface area contributed by atoms with Crippen LogP contribution < -0.4 is 0 Å². The first-order chi connectivity index (χ1) is 6.49. The molecule has 0 fully saturated rings. The number of pyridine rings is 1. The molecule has 0 aliphatic heterocycles. The third-order valence-electron chi connectivity index (χ3n) is 1.45. The first-order valence-electron chi connectivity index (χ1n) is 3.65. The Balaban J connectivity index is 3.01. The van der Waals surface area contributed by atoms with Crippen LogP contribution in [0.5, 0.6) is 0 Å². The summed E-state index contributed by atoms with van der Waals surface area (Å²) in [6.45, 7) is 0. The number of hydrogen-bond donors (Lipinski definition) is 1. The summed E-state index contributed by atoms with van der Waals surface area (Å²) >= 11 is 2.93. The van der Waals surface area contributed by atoms with Crippen LogP contribution in [0.15, 0.2) is 16.7 Å². The number of carboxylic acids is 1. The number of alkyl halides is 2. The van der Waals surface area contributed by atoms with Gasteiger partial charge in [0.05, 0.1) is 6.42 Å². The minimum atomic E-state index is -2.69. The highest BCUT2D eigenvalue weighted by atomic mass is 79.9. The fraction of sp³-hybridized carbons (Fsp3) is 0.250. The van der Waals surface area contributed by atoms with Crippen molar-refractivity contribution in [2.45, 2.75) is 12.8 Å². The smallest absolute Gasteiger partial charge is 0.307 e. The molecular weight excluding hydrogens is 260 g/mol. The van der Waals surface area contributed by atoms with Gasteiger partial charge < -0.3 is 5.11 Å². The lowest BCUT2D eigenvalue weighted by Crippen LogP contribution is -2.02. The second-order valence-electron chi connectivity index (χ2n) is 2.59. The Morgan fingerprint density at radius 2 is 2.21 bits per heavy atom. The monoisotopic (exact) mass is 265 g/mol. The zero-order valence-electron chi connectivity index (χ0n) is 6.88. The van der Waals surface area contributed by atoms with Gasteiger partial charge in [-0.15, -0.1) is 0 Å². The highest BCUT2D eigenvalue weighted by Gasteiger charge is 2.12. The van der Waals surface area contributed by atoms with Gasteiger partial charge in [-0.25, -0.2) is 13.8 Å². The van der Waals surface area contributed by atoms with Crippen molar-refractivity contribution in [3.63, 3.8) is 0 Å². The van der Waals surface area contributed by atoms with Crippen molar-refractivity contribution in [3.05, 3.63) is 28.0 Å². The molecule has 0 spiro atoms. The van der Waals surface area contributed by atoms with E-state index in [1.54, 1.807) is 0 Å². The Morgan fingerprint density at radius 1 is 1.57 bits per heavy atom. The summed E-state index contributed by atoms with van der Waals surface area (Å²) in [7, 11) is 0. The largest absolute Gasteiger partial charge is 0.481 e. The maximum Gasteiger partial charge on any atom is 0.307 e. The second kappa shape index (κ2) is 4.45. The molecular formula is C8H6BrF2NO2. The summed E-state index contributed by atoms with van der Waals surface area (Å²) < 4.78 is 24.7. The fourth-order valence-corrected chi connectivity index (χ4v) is 1.46. The number of carbonyl (C=O) groups is 1. The predicted octanol–water partition coefficient (Wildman–Crippen LogP) is 2.41. The fourth-order valence-electron chi connectivity index (χ4n) is 0.961. The average molecular weight is 266 g/mol. The van der Waals surface area contributed by atoms with Gasteiger partial charge in [-0.2, -0.15) is 0 Å². The zero-order chi connectivity index (χ0) is 10.7. The Labute approximate surface area is 86.9 Å². The van der Waals surface area contributed by atoms with Crippen LogP contribution in [-0.2, 0) is 11.2 Å². The molecule has 0 atom stereocenters.